The number of aromatic nitrogens is 1. The molecule has 1 aromatic heterocycles. The van der Waals surface area contributed by atoms with Gasteiger partial charge in [0.1, 0.15) is 5.82 Å². The summed E-state index contributed by atoms with van der Waals surface area (Å²) in [6, 6.07) is 10.8. The molecule has 94 valence electrons. The molecule has 1 atom stereocenters. The second-order valence-corrected chi connectivity index (χ2v) is 5.01. The monoisotopic (exact) mass is 308 g/mol. The van der Waals surface area contributed by atoms with Crippen LogP contribution < -0.4 is 5.32 Å². The fourth-order valence-electron chi connectivity index (χ4n) is 1.72. The summed E-state index contributed by atoms with van der Waals surface area (Å²) < 4.78 is 14.5. The summed E-state index contributed by atoms with van der Waals surface area (Å²) in [5.41, 5.74) is 1.61. The molecule has 0 radical (unpaired) electrons. The van der Waals surface area contributed by atoms with Gasteiger partial charge < -0.3 is 5.32 Å². The third-order valence-electron chi connectivity index (χ3n) is 2.74. The van der Waals surface area contributed by atoms with Crippen molar-refractivity contribution < 1.29 is 4.39 Å². The Balaban J connectivity index is 2.01. The van der Waals surface area contributed by atoms with Gasteiger partial charge >= 0.3 is 0 Å². The Bertz CT molecular complexity index is 516. The average Bonchev–Trinajstić information content (AvgIpc) is 2.37. The van der Waals surface area contributed by atoms with Gasteiger partial charge in [-0.2, -0.15) is 0 Å². The van der Waals surface area contributed by atoms with Crippen LogP contribution in [0.4, 0.5) is 4.39 Å². The predicted octanol–water partition coefficient (Wildman–Crippen LogP) is 3.83. The Labute approximate surface area is 114 Å². The lowest BCUT2D eigenvalue weighted by molar-refractivity contribution is 0.524. The van der Waals surface area contributed by atoms with Crippen LogP contribution in [-0.4, -0.2) is 4.98 Å². The van der Waals surface area contributed by atoms with Gasteiger partial charge in [0.05, 0.1) is 5.69 Å². The normalized spacial score (nSPS) is 12.4. The summed E-state index contributed by atoms with van der Waals surface area (Å²) >= 11 is 3.25. The summed E-state index contributed by atoms with van der Waals surface area (Å²) in [6.07, 6.45) is 1.75. The maximum atomic E-state index is 13.7. The molecule has 2 nitrogen and oxygen atoms in total. The fourth-order valence-corrected chi connectivity index (χ4v) is 2.06. The summed E-state index contributed by atoms with van der Waals surface area (Å²) in [4.78, 5) is 4.22. The number of nitrogens with one attached hydrogen (secondary N) is 1. The van der Waals surface area contributed by atoms with Crippen LogP contribution in [0.15, 0.2) is 47.1 Å². The molecule has 2 aromatic rings. The third kappa shape index (κ3) is 3.37. The zero-order valence-electron chi connectivity index (χ0n) is 10.0. The SMILES string of the molecule is CC(NCc1ccccn1)c1ccc(Br)cc1F. The van der Waals surface area contributed by atoms with Gasteiger partial charge in [0.2, 0.25) is 0 Å². The first-order valence-corrected chi connectivity index (χ1v) is 6.54. The zero-order valence-corrected chi connectivity index (χ0v) is 11.6. The van der Waals surface area contributed by atoms with E-state index < -0.39 is 0 Å². The first kappa shape index (κ1) is 13.2. The maximum absolute atomic E-state index is 13.7. The van der Waals surface area contributed by atoms with Crippen LogP contribution in [0.5, 0.6) is 0 Å². The number of halogens is 2. The van der Waals surface area contributed by atoms with Gasteiger partial charge in [-0.3, -0.25) is 4.98 Å². The van der Waals surface area contributed by atoms with E-state index in [0.717, 1.165) is 10.2 Å². The smallest absolute Gasteiger partial charge is 0.129 e. The molecule has 0 aliphatic carbocycles. The highest BCUT2D eigenvalue weighted by atomic mass is 79.9. The molecule has 0 aliphatic heterocycles. The van der Waals surface area contributed by atoms with Crippen molar-refractivity contribution in [2.24, 2.45) is 0 Å². The van der Waals surface area contributed by atoms with E-state index in [4.69, 9.17) is 0 Å². The summed E-state index contributed by atoms with van der Waals surface area (Å²) in [5, 5.41) is 3.26. The van der Waals surface area contributed by atoms with Crippen LogP contribution in [-0.2, 0) is 6.54 Å². The van der Waals surface area contributed by atoms with Crippen molar-refractivity contribution >= 4 is 15.9 Å². The Kier molecular flexibility index (Phi) is 4.44. The minimum Gasteiger partial charge on any atom is -0.304 e. The Hall–Kier alpha value is -1.26. The lowest BCUT2D eigenvalue weighted by Gasteiger charge is -2.15. The summed E-state index contributed by atoms with van der Waals surface area (Å²) in [7, 11) is 0. The van der Waals surface area contributed by atoms with Crippen LogP contribution in [0, 0.1) is 5.82 Å². The molecule has 1 aromatic carbocycles. The van der Waals surface area contributed by atoms with E-state index in [1.807, 2.05) is 31.2 Å². The van der Waals surface area contributed by atoms with E-state index >= 15 is 0 Å². The van der Waals surface area contributed by atoms with Gasteiger partial charge in [0, 0.05) is 28.8 Å². The first-order valence-electron chi connectivity index (χ1n) is 5.75. The van der Waals surface area contributed by atoms with E-state index in [0.29, 0.717) is 12.1 Å². The molecule has 1 heterocycles. The van der Waals surface area contributed by atoms with Gasteiger partial charge in [0.25, 0.3) is 0 Å². The molecule has 0 spiro atoms. The second kappa shape index (κ2) is 6.07. The molecule has 0 fully saturated rings. The van der Waals surface area contributed by atoms with Crippen molar-refractivity contribution in [3.05, 3.63) is 64.1 Å². The topological polar surface area (TPSA) is 24.9 Å². The van der Waals surface area contributed by atoms with Crippen LogP contribution in [0.3, 0.4) is 0 Å². The number of hydrogen-bond acceptors (Lipinski definition) is 2. The second-order valence-electron chi connectivity index (χ2n) is 4.09. The van der Waals surface area contributed by atoms with Crippen molar-refractivity contribution in [2.45, 2.75) is 19.5 Å². The lowest BCUT2D eigenvalue weighted by atomic mass is 10.1. The molecule has 1 N–H and O–H groups in total. The van der Waals surface area contributed by atoms with Gasteiger partial charge in [-0.25, -0.2) is 4.39 Å². The van der Waals surface area contributed by atoms with Crippen molar-refractivity contribution in [1.82, 2.24) is 10.3 Å². The van der Waals surface area contributed by atoms with Gasteiger partial charge in [0.15, 0.2) is 0 Å². The lowest BCUT2D eigenvalue weighted by Crippen LogP contribution is -2.19. The number of benzene rings is 1. The van der Waals surface area contributed by atoms with Crippen molar-refractivity contribution in [1.29, 1.82) is 0 Å². The number of hydrogen-bond donors (Lipinski definition) is 1. The van der Waals surface area contributed by atoms with Crippen LogP contribution in [0.1, 0.15) is 24.2 Å². The average molecular weight is 309 g/mol. The minimum absolute atomic E-state index is 0.0555. The third-order valence-corrected chi connectivity index (χ3v) is 3.24. The van der Waals surface area contributed by atoms with Crippen LogP contribution in [0.2, 0.25) is 0 Å². The van der Waals surface area contributed by atoms with Crippen LogP contribution >= 0.6 is 15.9 Å². The Morgan fingerprint density at radius 1 is 1.33 bits per heavy atom. The number of nitrogens with zero attached hydrogens (tertiary/aromatic N) is 1. The molecular formula is C14H14BrFN2. The van der Waals surface area contributed by atoms with Gasteiger partial charge in [-0.1, -0.05) is 28.1 Å². The predicted molar refractivity (Wildman–Crippen MR) is 73.6 cm³/mol. The molecule has 0 bridgehead atoms. The summed E-state index contributed by atoms with van der Waals surface area (Å²) in [6.45, 7) is 2.56. The molecule has 4 heteroatoms. The highest BCUT2D eigenvalue weighted by molar-refractivity contribution is 9.10. The van der Waals surface area contributed by atoms with E-state index in [1.165, 1.54) is 6.07 Å². The molecule has 18 heavy (non-hydrogen) atoms. The van der Waals surface area contributed by atoms with E-state index in [2.05, 4.69) is 26.2 Å². The molecule has 0 saturated carbocycles. The van der Waals surface area contributed by atoms with E-state index in [1.54, 1.807) is 12.3 Å². The number of rotatable bonds is 4. The Morgan fingerprint density at radius 3 is 2.83 bits per heavy atom. The van der Waals surface area contributed by atoms with E-state index in [-0.39, 0.29) is 11.9 Å². The fraction of sp³-hybridized carbons (Fsp3) is 0.214. The summed E-state index contributed by atoms with van der Waals surface area (Å²) in [5.74, 6) is -0.203. The highest BCUT2D eigenvalue weighted by Crippen LogP contribution is 2.21. The molecule has 0 saturated heterocycles. The first-order chi connectivity index (χ1) is 8.66. The quantitative estimate of drug-likeness (QED) is 0.928. The molecular weight excluding hydrogens is 295 g/mol. The standard InChI is InChI=1S/C14H14BrFN2/c1-10(13-6-5-11(15)8-14(13)16)18-9-12-4-2-3-7-17-12/h2-8,10,18H,9H2,1H3. The van der Waals surface area contributed by atoms with Crippen molar-refractivity contribution in [3.63, 3.8) is 0 Å². The zero-order chi connectivity index (χ0) is 13.0. The maximum Gasteiger partial charge on any atom is 0.129 e. The number of pyridine rings is 1. The Morgan fingerprint density at radius 2 is 2.17 bits per heavy atom. The minimum atomic E-state index is -0.203. The van der Waals surface area contributed by atoms with Crippen molar-refractivity contribution in [2.75, 3.05) is 0 Å². The van der Waals surface area contributed by atoms with Gasteiger partial charge in [-0.15, -0.1) is 0 Å². The largest absolute Gasteiger partial charge is 0.304 e. The highest BCUT2D eigenvalue weighted by Gasteiger charge is 2.10. The molecule has 2 rings (SSSR count). The molecule has 0 aliphatic rings. The van der Waals surface area contributed by atoms with Crippen molar-refractivity contribution in [3.8, 4) is 0 Å². The van der Waals surface area contributed by atoms with Gasteiger partial charge in [-0.05, 0) is 31.2 Å². The van der Waals surface area contributed by atoms with E-state index in [9.17, 15) is 4.39 Å². The van der Waals surface area contributed by atoms with Crippen LogP contribution in [0.25, 0.3) is 0 Å². The molecule has 0 amide bonds. The molecule has 1 unspecified atom stereocenters.